The van der Waals surface area contributed by atoms with Crippen LogP contribution in [-0.2, 0) is 6.54 Å². The summed E-state index contributed by atoms with van der Waals surface area (Å²) in [6, 6.07) is 5.11. The molecule has 3 rings (SSSR count). The van der Waals surface area contributed by atoms with E-state index in [9.17, 15) is 4.79 Å². The number of amides is 1. The first kappa shape index (κ1) is 13.9. The van der Waals surface area contributed by atoms with Crippen molar-refractivity contribution in [2.24, 2.45) is 0 Å². The topological polar surface area (TPSA) is 85.6 Å². The normalized spacial score (nSPS) is 10.4. The molecular formula is C15H14N6O. The lowest BCUT2D eigenvalue weighted by Gasteiger charge is -2.08. The lowest BCUT2D eigenvalue weighted by atomic mass is 10.2. The summed E-state index contributed by atoms with van der Waals surface area (Å²) in [5.74, 6) is 1.12. The molecule has 0 saturated heterocycles. The summed E-state index contributed by atoms with van der Waals surface area (Å²) in [6.45, 7) is 1.07. The molecule has 110 valence electrons. The molecule has 22 heavy (non-hydrogen) atoms. The number of carbonyl (C=O) groups is 1. The standard InChI is InChI=1S/C15H14N6O/c22-15(12-2-6-16-7-3-12)20-9-11-21-10-8-19-14(21)13-17-4-1-5-18-13/h1-8,10H,9,11H2,(H,20,22). The Morgan fingerprint density at radius 3 is 2.59 bits per heavy atom. The summed E-state index contributed by atoms with van der Waals surface area (Å²) in [7, 11) is 0. The monoisotopic (exact) mass is 294 g/mol. The van der Waals surface area contributed by atoms with Gasteiger partial charge < -0.3 is 9.88 Å². The molecule has 0 unspecified atom stereocenters. The highest BCUT2D eigenvalue weighted by atomic mass is 16.1. The van der Waals surface area contributed by atoms with Gasteiger partial charge in [0.25, 0.3) is 5.91 Å². The lowest BCUT2D eigenvalue weighted by Crippen LogP contribution is -2.27. The zero-order valence-electron chi connectivity index (χ0n) is 11.8. The van der Waals surface area contributed by atoms with Crippen LogP contribution >= 0.6 is 0 Å². The van der Waals surface area contributed by atoms with Crippen LogP contribution in [0.2, 0.25) is 0 Å². The Kier molecular flexibility index (Phi) is 4.15. The summed E-state index contributed by atoms with van der Waals surface area (Å²) in [6.07, 6.45) is 10.1. The van der Waals surface area contributed by atoms with Crippen LogP contribution in [0.1, 0.15) is 10.4 Å². The van der Waals surface area contributed by atoms with E-state index in [-0.39, 0.29) is 5.91 Å². The largest absolute Gasteiger partial charge is 0.350 e. The molecule has 0 aliphatic heterocycles. The third kappa shape index (κ3) is 3.14. The molecule has 0 aliphatic carbocycles. The summed E-state index contributed by atoms with van der Waals surface area (Å²) < 4.78 is 1.90. The molecule has 0 aromatic carbocycles. The Balaban J connectivity index is 1.61. The van der Waals surface area contributed by atoms with E-state index >= 15 is 0 Å². The Hall–Kier alpha value is -3.09. The minimum Gasteiger partial charge on any atom is -0.350 e. The maximum absolute atomic E-state index is 11.9. The average Bonchev–Trinajstić information content (AvgIpc) is 3.05. The maximum atomic E-state index is 11.9. The molecular weight excluding hydrogens is 280 g/mol. The molecule has 0 spiro atoms. The number of nitrogens with one attached hydrogen (secondary N) is 1. The van der Waals surface area contributed by atoms with Gasteiger partial charge in [-0.2, -0.15) is 0 Å². The van der Waals surface area contributed by atoms with Gasteiger partial charge in [-0.25, -0.2) is 15.0 Å². The fourth-order valence-corrected chi connectivity index (χ4v) is 2.01. The highest BCUT2D eigenvalue weighted by Crippen LogP contribution is 2.10. The third-order valence-corrected chi connectivity index (χ3v) is 3.06. The van der Waals surface area contributed by atoms with Gasteiger partial charge in [0.1, 0.15) is 0 Å². The zero-order chi connectivity index (χ0) is 15.2. The average molecular weight is 294 g/mol. The van der Waals surface area contributed by atoms with E-state index in [1.807, 2.05) is 10.8 Å². The summed E-state index contributed by atoms with van der Waals surface area (Å²) in [5, 5.41) is 2.86. The summed E-state index contributed by atoms with van der Waals surface area (Å²) in [4.78, 5) is 28.5. The molecule has 0 aliphatic rings. The van der Waals surface area contributed by atoms with Gasteiger partial charge >= 0.3 is 0 Å². The smallest absolute Gasteiger partial charge is 0.251 e. The van der Waals surface area contributed by atoms with Crippen molar-refractivity contribution >= 4 is 5.91 Å². The number of rotatable bonds is 5. The molecule has 3 aromatic rings. The van der Waals surface area contributed by atoms with Crippen molar-refractivity contribution in [3.63, 3.8) is 0 Å². The Morgan fingerprint density at radius 2 is 1.82 bits per heavy atom. The van der Waals surface area contributed by atoms with Crippen molar-refractivity contribution in [3.8, 4) is 11.6 Å². The van der Waals surface area contributed by atoms with Crippen molar-refractivity contribution in [1.82, 2.24) is 29.8 Å². The molecule has 7 nitrogen and oxygen atoms in total. The van der Waals surface area contributed by atoms with E-state index in [2.05, 4.69) is 25.3 Å². The number of pyridine rings is 1. The molecule has 0 fully saturated rings. The van der Waals surface area contributed by atoms with Gasteiger partial charge in [0.15, 0.2) is 11.6 Å². The first-order chi connectivity index (χ1) is 10.8. The minimum atomic E-state index is -0.125. The predicted molar refractivity (Wildman–Crippen MR) is 79.8 cm³/mol. The van der Waals surface area contributed by atoms with Crippen molar-refractivity contribution in [3.05, 3.63) is 60.9 Å². The van der Waals surface area contributed by atoms with Crippen LogP contribution < -0.4 is 5.32 Å². The number of hydrogen-bond donors (Lipinski definition) is 1. The van der Waals surface area contributed by atoms with Crippen molar-refractivity contribution < 1.29 is 4.79 Å². The molecule has 1 N–H and O–H groups in total. The Bertz CT molecular complexity index is 741. The molecule has 3 aromatic heterocycles. The predicted octanol–water partition coefficient (Wildman–Crippen LogP) is 1.17. The molecule has 0 bridgehead atoms. The van der Waals surface area contributed by atoms with Crippen LogP contribution in [0.5, 0.6) is 0 Å². The first-order valence-electron chi connectivity index (χ1n) is 6.81. The second kappa shape index (κ2) is 6.57. The third-order valence-electron chi connectivity index (χ3n) is 3.06. The van der Waals surface area contributed by atoms with E-state index < -0.39 is 0 Å². The van der Waals surface area contributed by atoms with E-state index in [0.717, 1.165) is 0 Å². The fraction of sp³-hybridized carbons (Fsp3) is 0.133. The quantitative estimate of drug-likeness (QED) is 0.763. The number of nitrogens with zero attached hydrogens (tertiary/aromatic N) is 5. The van der Waals surface area contributed by atoms with Crippen molar-refractivity contribution in [1.29, 1.82) is 0 Å². The number of carbonyl (C=O) groups excluding carboxylic acids is 1. The highest BCUT2D eigenvalue weighted by molar-refractivity contribution is 5.93. The van der Waals surface area contributed by atoms with Gasteiger partial charge in [-0.05, 0) is 18.2 Å². The Morgan fingerprint density at radius 1 is 1.05 bits per heavy atom. The second-order valence-corrected chi connectivity index (χ2v) is 4.51. The van der Waals surface area contributed by atoms with Gasteiger partial charge in [-0.1, -0.05) is 0 Å². The van der Waals surface area contributed by atoms with Crippen LogP contribution in [0.4, 0.5) is 0 Å². The number of aromatic nitrogens is 5. The summed E-state index contributed by atoms with van der Waals surface area (Å²) in [5.41, 5.74) is 0.590. The van der Waals surface area contributed by atoms with E-state index in [1.165, 1.54) is 0 Å². The van der Waals surface area contributed by atoms with Crippen LogP contribution in [0.15, 0.2) is 55.4 Å². The van der Waals surface area contributed by atoms with E-state index in [4.69, 9.17) is 0 Å². The van der Waals surface area contributed by atoms with Gasteiger partial charge in [-0.15, -0.1) is 0 Å². The highest BCUT2D eigenvalue weighted by Gasteiger charge is 2.09. The van der Waals surface area contributed by atoms with Gasteiger partial charge in [0, 0.05) is 55.8 Å². The summed E-state index contributed by atoms with van der Waals surface area (Å²) >= 11 is 0. The molecule has 1 amide bonds. The fourth-order valence-electron chi connectivity index (χ4n) is 2.01. The SMILES string of the molecule is O=C(NCCn1ccnc1-c1ncccn1)c1ccncc1. The van der Waals surface area contributed by atoms with Crippen LogP contribution in [-0.4, -0.2) is 37.0 Å². The maximum Gasteiger partial charge on any atom is 0.251 e. The molecule has 7 heteroatoms. The molecule has 0 saturated carbocycles. The van der Waals surface area contributed by atoms with Crippen LogP contribution in [0, 0.1) is 0 Å². The number of imidazole rings is 1. The Labute approximate surface area is 127 Å². The van der Waals surface area contributed by atoms with Gasteiger partial charge in [0.05, 0.1) is 0 Å². The minimum absolute atomic E-state index is 0.125. The first-order valence-corrected chi connectivity index (χ1v) is 6.81. The van der Waals surface area contributed by atoms with Crippen molar-refractivity contribution in [2.75, 3.05) is 6.54 Å². The van der Waals surface area contributed by atoms with Gasteiger partial charge in [0.2, 0.25) is 0 Å². The number of hydrogen-bond acceptors (Lipinski definition) is 5. The van der Waals surface area contributed by atoms with Crippen LogP contribution in [0.3, 0.4) is 0 Å². The van der Waals surface area contributed by atoms with Crippen molar-refractivity contribution in [2.45, 2.75) is 6.54 Å². The van der Waals surface area contributed by atoms with Crippen LogP contribution in [0.25, 0.3) is 11.6 Å². The lowest BCUT2D eigenvalue weighted by molar-refractivity contribution is 0.0952. The molecule has 3 heterocycles. The second-order valence-electron chi connectivity index (χ2n) is 4.51. The zero-order valence-corrected chi connectivity index (χ0v) is 11.8. The van der Waals surface area contributed by atoms with Gasteiger partial charge in [-0.3, -0.25) is 9.78 Å². The molecule has 0 radical (unpaired) electrons. The van der Waals surface area contributed by atoms with E-state index in [0.29, 0.717) is 30.3 Å². The molecule has 0 atom stereocenters. The van der Waals surface area contributed by atoms with E-state index in [1.54, 1.807) is 49.2 Å².